The minimum Gasteiger partial charge on any atom is -0.467 e. The maximum atomic E-state index is 12.7. The number of carbonyl (C=O) groups excluding carboxylic acids is 2. The monoisotopic (exact) mass is 435 g/mol. The van der Waals surface area contributed by atoms with Crippen LogP contribution in [0.5, 0.6) is 0 Å². The van der Waals surface area contributed by atoms with E-state index in [0.29, 0.717) is 11.2 Å². The van der Waals surface area contributed by atoms with E-state index in [1.165, 1.54) is 26.9 Å². The fraction of sp³-hybridized carbons (Fsp3) is 0.611. The largest absolute Gasteiger partial charge is 0.467 e. The van der Waals surface area contributed by atoms with Crippen molar-refractivity contribution in [3.05, 3.63) is 12.7 Å². The molecule has 5 heterocycles. The Labute approximate surface area is 175 Å². The summed E-state index contributed by atoms with van der Waals surface area (Å²) in [5, 5.41) is 11.0. The summed E-state index contributed by atoms with van der Waals surface area (Å²) in [7, 11) is 2.67. The predicted octanol–water partition coefficient (Wildman–Crippen LogP) is -1.30. The lowest BCUT2D eigenvalue weighted by atomic mass is 9.87. The summed E-state index contributed by atoms with van der Waals surface area (Å²) in [4.78, 5) is 37.0. The molecule has 3 aliphatic heterocycles. The smallest absolute Gasteiger partial charge is 0.335 e. The Bertz CT molecular complexity index is 1050. The lowest BCUT2D eigenvalue weighted by molar-refractivity contribution is -0.323. The van der Waals surface area contributed by atoms with Gasteiger partial charge in [-0.2, -0.15) is 0 Å². The highest BCUT2D eigenvalue weighted by atomic mass is 16.7. The SMILES string of the molecule is COC(=O)[C@@H]1CC(=O)[C@]2(O)O[C@@H]3[C@@H](OC)[C@H](n4cnc5c(N)ncnc54)O[C@@H]3C[C@H]2O1. The number of nitrogens with zero attached hydrogens (tertiary/aromatic N) is 4. The normalized spacial score (nSPS) is 37.5. The zero-order valence-electron chi connectivity index (χ0n) is 16.7. The molecule has 0 bridgehead atoms. The van der Waals surface area contributed by atoms with Crippen molar-refractivity contribution in [3.63, 3.8) is 0 Å². The molecule has 5 rings (SSSR count). The second kappa shape index (κ2) is 7.17. The Morgan fingerprint density at radius 2 is 2.13 bits per heavy atom. The maximum Gasteiger partial charge on any atom is 0.335 e. The molecule has 7 atom stereocenters. The number of methoxy groups -OCH3 is 2. The predicted molar refractivity (Wildman–Crippen MR) is 99.2 cm³/mol. The van der Waals surface area contributed by atoms with Crippen molar-refractivity contribution in [2.75, 3.05) is 20.0 Å². The Kier molecular flexibility index (Phi) is 4.67. The number of anilines is 1. The van der Waals surface area contributed by atoms with Gasteiger partial charge in [0.05, 0.1) is 19.5 Å². The van der Waals surface area contributed by atoms with Crippen LogP contribution in [0.4, 0.5) is 5.82 Å². The van der Waals surface area contributed by atoms with Gasteiger partial charge in [-0.25, -0.2) is 19.7 Å². The minimum absolute atomic E-state index is 0.0977. The van der Waals surface area contributed by atoms with Crippen LogP contribution in [-0.4, -0.2) is 86.9 Å². The first-order chi connectivity index (χ1) is 14.9. The average molecular weight is 435 g/mol. The van der Waals surface area contributed by atoms with E-state index in [1.54, 1.807) is 4.57 Å². The Morgan fingerprint density at radius 3 is 2.87 bits per heavy atom. The van der Waals surface area contributed by atoms with Gasteiger partial charge in [0.15, 0.2) is 29.6 Å². The van der Waals surface area contributed by atoms with Gasteiger partial charge in [-0.15, -0.1) is 0 Å². The first kappa shape index (κ1) is 20.2. The quantitative estimate of drug-likeness (QED) is 0.547. The number of ketones is 1. The number of hydrogen-bond acceptors (Lipinski definition) is 12. The molecule has 2 aromatic heterocycles. The lowest BCUT2D eigenvalue weighted by Crippen LogP contribution is -2.66. The van der Waals surface area contributed by atoms with Crippen molar-refractivity contribution >= 4 is 28.7 Å². The molecule has 0 spiro atoms. The molecule has 3 aliphatic rings. The van der Waals surface area contributed by atoms with Crippen LogP contribution in [0.15, 0.2) is 12.7 Å². The molecule has 2 aromatic rings. The van der Waals surface area contributed by atoms with Crippen LogP contribution in [0.1, 0.15) is 19.1 Å². The van der Waals surface area contributed by atoms with Crippen molar-refractivity contribution in [2.24, 2.45) is 0 Å². The number of aliphatic hydroxyl groups is 1. The number of imidazole rings is 1. The molecule has 0 radical (unpaired) electrons. The first-order valence-corrected chi connectivity index (χ1v) is 9.65. The topological polar surface area (TPSA) is 170 Å². The standard InChI is InChI=1S/C18H21N5O8/c1-27-13-12-7(30-16(13)23-6-22-11-14(19)20-5-21-15(11)23)4-10-18(26,31-12)9(24)3-8(29-10)17(25)28-2/h5-8,10,12-13,16,26H,3-4H2,1-2H3,(H2,19,20,21)/t7-,8+,10-,12+,13-,16-,18+/m1/s1. The highest BCUT2D eigenvalue weighted by Gasteiger charge is 2.63. The molecule has 31 heavy (non-hydrogen) atoms. The number of carbonyl (C=O) groups is 2. The molecule has 0 unspecified atom stereocenters. The van der Waals surface area contributed by atoms with Crippen LogP contribution in [0, 0.1) is 0 Å². The number of fused-ring (bicyclic) bond motifs is 3. The third-order valence-electron chi connectivity index (χ3n) is 5.98. The number of Topliss-reactive ketones (excluding diaryl/α,β-unsaturated/α-hetero) is 1. The van der Waals surface area contributed by atoms with Crippen LogP contribution >= 0.6 is 0 Å². The summed E-state index contributed by atoms with van der Waals surface area (Å²) in [6, 6.07) is 0. The third kappa shape index (κ3) is 2.92. The van der Waals surface area contributed by atoms with Gasteiger partial charge in [-0.1, -0.05) is 0 Å². The lowest BCUT2D eigenvalue weighted by Gasteiger charge is -2.46. The van der Waals surface area contributed by atoms with Crippen LogP contribution in [0.25, 0.3) is 11.2 Å². The van der Waals surface area contributed by atoms with Crippen LogP contribution < -0.4 is 5.73 Å². The number of hydrogen-bond donors (Lipinski definition) is 2. The van der Waals surface area contributed by atoms with Crippen LogP contribution in [-0.2, 0) is 33.3 Å². The van der Waals surface area contributed by atoms with E-state index >= 15 is 0 Å². The third-order valence-corrected chi connectivity index (χ3v) is 5.98. The van der Waals surface area contributed by atoms with Gasteiger partial charge in [0.2, 0.25) is 0 Å². The van der Waals surface area contributed by atoms with Crippen molar-refractivity contribution in [1.82, 2.24) is 19.5 Å². The Balaban J connectivity index is 1.46. The Morgan fingerprint density at radius 1 is 1.32 bits per heavy atom. The zero-order valence-corrected chi connectivity index (χ0v) is 16.7. The maximum absolute atomic E-state index is 12.7. The van der Waals surface area contributed by atoms with Gasteiger partial charge in [0, 0.05) is 20.0 Å². The van der Waals surface area contributed by atoms with Gasteiger partial charge in [-0.3, -0.25) is 9.36 Å². The molecule has 0 saturated carbocycles. The number of esters is 1. The minimum atomic E-state index is -2.22. The molecule has 13 heteroatoms. The number of nitrogen functional groups attached to an aromatic ring is 1. The van der Waals surface area contributed by atoms with E-state index in [9.17, 15) is 14.7 Å². The van der Waals surface area contributed by atoms with E-state index in [0.717, 1.165) is 0 Å². The summed E-state index contributed by atoms with van der Waals surface area (Å²) >= 11 is 0. The molecule has 3 N–H and O–H groups in total. The summed E-state index contributed by atoms with van der Waals surface area (Å²) in [5.74, 6) is -3.36. The molecule has 166 valence electrons. The summed E-state index contributed by atoms with van der Waals surface area (Å²) < 4.78 is 29.6. The summed E-state index contributed by atoms with van der Waals surface area (Å²) in [6.07, 6.45) is -2.47. The number of aromatic nitrogens is 4. The molecule has 0 amide bonds. The number of rotatable bonds is 3. The summed E-state index contributed by atoms with van der Waals surface area (Å²) in [5.41, 5.74) is 6.71. The van der Waals surface area contributed by atoms with E-state index < -0.39 is 54.3 Å². The second-order valence-corrected chi connectivity index (χ2v) is 7.63. The van der Waals surface area contributed by atoms with E-state index in [-0.39, 0.29) is 18.7 Å². The molecular weight excluding hydrogens is 414 g/mol. The van der Waals surface area contributed by atoms with Crippen molar-refractivity contribution in [3.8, 4) is 0 Å². The van der Waals surface area contributed by atoms with Gasteiger partial charge in [0.25, 0.3) is 5.79 Å². The fourth-order valence-electron chi connectivity index (χ4n) is 4.45. The molecule has 3 saturated heterocycles. The number of ether oxygens (including phenoxy) is 5. The molecule has 0 aromatic carbocycles. The molecule has 0 aliphatic carbocycles. The van der Waals surface area contributed by atoms with Crippen molar-refractivity contribution < 1.29 is 38.4 Å². The first-order valence-electron chi connectivity index (χ1n) is 9.65. The highest BCUT2D eigenvalue weighted by Crippen LogP contribution is 2.45. The second-order valence-electron chi connectivity index (χ2n) is 7.63. The van der Waals surface area contributed by atoms with Crippen molar-refractivity contribution in [2.45, 2.75) is 55.4 Å². The fourth-order valence-corrected chi connectivity index (χ4v) is 4.45. The molecular formula is C18H21N5O8. The van der Waals surface area contributed by atoms with Crippen molar-refractivity contribution in [1.29, 1.82) is 0 Å². The zero-order chi connectivity index (χ0) is 21.9. The molecule has 3 fully saturated rings. The van der Waals surface area contributed by atoms with Crippen LogP contribution in [0.2, 0.25) is 0 Å². The molecule has 13 nitrogen and oxygen atoms in total. The van der Waals surface area contributed by atoms with E-state index in [2.05, 4.69) is 19.7 Å². The van der Waals surface area contributed by atoms with E-state index in [4.69, 9.17) is 24.7 Å². The van der Waals surface area contributed by atoms with Gasteiger partial charge in [-0.05, 0) is 0 Å². The Hall–Kier alpha value is -2.71. The summed E-state index contributed by atoms with van der Waals surface area (Å²) in [6.45, 7) is 0. The number of nitrogens with two attached hydrogens (primary N) is 1. The van der Waals surface area contributed by atoms with Gasteiger partial charge in [0.1, 0.15) is 30.2 Å². The average Bonchev–Trinajstić information content (AvgIpc) is 3.33. The van der Waals surface area contributed by atoms with E-state index in [1.807, 2.05) is 0 Å². The van der Waals surface area contributed by atoms with Gasteiger partial charge >= 0.3 is 5.97 Å². The van der Waals surface area contributed by atoms with Gasteiger partial charge < -0.3 is 34.5 Å². The highest BCUT2D eigenvalue weighted by molar-refractivity contribution is 5.92. The van der Waals surface area contributed by atoms with Crippen LogP contribution in [0.3, 0.4) is 0 Å².